The van der Waals surface area contributed by atoms with Gasteiger partial charge in [-0.3, -0.25) is 0 Å². The predicted molar refractivity (Wildman–Crippen MR) is 66.0 cm³/mol. The fourth-order valence-electron chi connectivity index (χ4n) is 2.76. The molecule has 0 spiro atoms. The zero-order valence-electron chi connectivity index (χ0n) is 9.72. The van der Waals surface area contributed by atoms with E-state index in [4.69, 9.17) is 0 Å². The Balaban J connectivity index is 1.96. The molecule has 0 aromatic rings. The summed E-state index contributed by atoms with van der Waals surface area (Å²) in [6.07, 6.45) is 10.6. The van der Waals surface area contributed by atoms with E-state index in [-0.39, 0.29) is 0 Å². The van der Waals surface area contributed by atoms with Crippen LogP contribution < -0.4 is 0 Å². The Kier molecular flexibility index (Phi) is 2.69. The van der Waals surface area contributed by atoms with Crippen molar-refractivity contribution in [1.29, 1.82) is 0 Å². The van der Waals surface area contributed by atoms with Gasteiger partial charge in [0, 0.05) is 0 Å². The summed E-state index contributed by atoms with van der Waals surface area (Å²) >= 11 is 0. The van der Waals surface area contributed by atoms with E-state index in [1.165, 1.54) is 25.7 Å². The zero-order valence-corrected chi connectivity index (χ0v) is 10.7. The number of fused-ring (bicyclic) bond motifs is 2. The molecule has 2 rings (SSSR count). The topological polar surface area (TPSA) is 0 Å². The lowest BCUT2D eigenvalue weighted by atomic mass is 9.95. The molecular weight excluding hydrogens is 184 g/mol. The first-order valence-electron chi connectivity index (χ1n) is 5.93. The van der Waals surface area contributed by atoms with Crippen LogP contribution in [-0.4, -0.2) is 8.07 Å². The molecule has 0 nitrogen and oxygen atoms in total. The molecule has 0 aliphatic heterocycles. The van der Waals surface area contributed by atoms with Crippen LogP contribution in [0.3, 0.4) is 0 Å². The molecule has 2 unspecified atom stereocenters. The Morgan fingerprint density at radius 2 is 2.00 bits per heavy atom. The molecule has 0 aromatic carbocycles. The van der Waals surface area contributed by atoms with Gasteiger partial charge in [0.1, 0.15) is 0 Å². The van der Waals surface area contributed by atoms with Crippen LogP contribution in [0.15, 0.2) is 23.4 Å². The summed E-state index contributed by atoms with van der Waals surface area (Å²) in [5, 5.41) is 0. The molecule has 0 heterocycles. The summed E-state index contributed by atoms with van der Waals surface area (Å²) in [6.45, 7) is 7.18. The number of allylic oxidation sites excluding steroid dienone is 3. The average molecular weight is 206 g/mol. The van der Waals surface area contributed by atoms with Gasteiger partial charge in [0.05, 0.1) is 8.07 Å². The van der Waals surface area contributed by atoms with Crippen molar-refractivity contribution < 1.29 is 0 Å². The molecule has 78 valence electrons. The van der Waals surface area contributed by atoms with Crippen molar-refractivity contribution in [1.82, 2.24) is 0 Å². The Hall–Kier alpha value is -0.303. The molecule has 0 N–H and O–H groups in total. The van der Waals surface area contributed by atoms with E-state index in [2.05, 4.69) is 37.5 Å². The van der Waals surface area contributed by atoms with Crippen LogP contribution in [-0.2, 0) is 0 Å². The summed E-state index contributed by atoms with van der Waals surface area (Å²) in [7, 11) is -0.975. The van der Waals surface area contributed by atoms with Crippen molar-refractivity contribution in [2.45, 2.75) is 45.3 Å². The van der Waals surface area contributed by atoms with Crippen LogP contribution >= 0.6 is 0 Å². The summed E-state index contributed by atoms with van der Waals surface area (Å²) in [5.41, 5.74) is 4.20. The summed E-state index contributed by atoms with van der Waals surface area (Å²) in [5.74, 6) is 2.01. The summed E-state index contributed by atoms with van der Waals surface area (Å²) < 4.78 is 0. The third kappa shape index (κ3) is 2.38. The van der Waals surface area contributed by atoms with Gasteiger partial charge < -0.3 is 0 Å². The van der Waals surface area contributed by atoms with Gasteiger partial charge in [-0.15, -0.1) is 0 Å². The van der Waals surface area contributed by atoms with E-state index in [9.17, 15) is 0 Å². The monoisotopic (exact) mass is 206 g/mol. The maximum Gasteiger partial charge on any atom is 0.0687 e. The molecule has 2 aliphatic carbocycles. The lowest BCUT2D eigenvalue weighted by Gasteiger charge is -2.12. The van der Waals surface area contributed by atoms with Crippen molar-refractivity contribution in [3.63, 3.8) is 0 Å². The normalized spacial score (nSPS) is 34.9. The van der Waals surface area contributed by atoms with Gasteiger partial charge in [0.2, 0.25) is 0 Å². The number of rotatable bonds is 2. The van der Waals surface area contributed by atoms with Crippen molar-refractivity contribution in [2.24, 2.45) is 11.8 Å². The quantitative estimate of drug-likeness (QED) is 0.595. The van der Waals surface area contributed by atoms with Gasteiger partial charge in [-0.05, 0) is 37.5 Å². The first-order chi connectivity index (χ1) is 6.54. The van der Waals surface area contributed by atoms with Gasteiger partial charge in [-0.2, -0.15) is 0 Å². The predicted octanol–water partition coefficient (Wildman–Crippen LogP) is 4.17. The molecule has 0 aromatic heterocycles. The highest BCUT2D eigenvalue weighted by atomic mass is 28.3. The minimum Gasteiger partial charge on any atom is -0.0950 e. The molecule has 14 heavy (non-hydrogen) atoms. The summed E-state index contributed by atoms with van der Waals surface area (Å²) in [6, 6.07) is 0. The van der Waals surface area contributed by atoms with Gasteiger partial charge in [0.15, 0.2) is 0 Å². The fraction of sp³-hybridized carbons (Fsp3) is 0.692. The molecule has 2 saturated carbocycles. The van der Waals surface area contributed by atoms with E-state index < -0.39 is 8.07 Å². The highest BCUT2D eigenvalue weighted by Crippen LogP contribution is 2.47. The van der Waals surface area contributed by atoms with Crippen molar-refractivity contribution in [2.75, 3.05) is 0 Å². The number of hydrogen-bond donors (Lipinski definition) is 0. The highest BCUT2D eigenvalue weighted by Gasteiger charge is 2.34. The van der Waals surface area contributed by atoms with Crippen LogP contribution in [0.5, 0.6) is 0 Å². The Labute approximate surface area is 89.1 Å². The first kappa shape index (κ1) is 10.2. The standard InChI is InChI=1S/C13H22Si/c1-14(2,3)8-4-5-12-9-11-6-7-13(12)10-11/h4-5,8,11,13H,6-7,9-10H2,1-3H3/b8-4+,12-5+. The SMILES string of the molecule is C[Si](C)(C)/C=C/C=C1\CC2CCC1C2. The fourth-order valence-corrected chi connectivity index (χ4v) is 3.44. The molecule has 2 fully saturated rings. The maximum absolute atomic E-state index is 2.45. The van der Waals surface area contributed by atoms with Gasteiger partial charge >= 0.3 is 0 Å². The van der Waals surface area contributed by atoms with Crippen LogP contribution in [0, 0.1) is 11.8 Å². The molecule has 0 saturated heterocycles. The molecule has 2 bridgehead atoms. The van der Waals surface area contributed by atoms with Crippen molar-refractivity contribution >= 4 is 8.07 Å². The van der Waals surface area contributed by atoms with E-state index in [0.717, 1.165) is 11.8 Å². The highest BCUT2D eigenvalue weighted by molar-refractivity contribution is 6.80. The second kappa shape index (κ2) is 3.69. The van der Waals surface area contributed by atoms with Crippen LogP contribution in [0.4, 0.5) is 0 Å². The molecular formula is C13H22Si. The van der Waals surface area contributed by atoms with E-state index >= 15 is 0 Å². The third-order valence-electron chi connectivity index (χ3n) is 3.50. The smallest absolute Gasteiger partial charge is 0.0687 e. The van der Waals surface area contributed by atoms with E-state index in [1.54, 1.807) is 5.57 Å². The molecule has 0 amide bonds. The molecule has 2 atom stereocenters. The molecule has 2 aliphatic rings. The lowest BCUT2D eigenvalue weighted by Crippen LogP contribution is -2.15. The summed E-state index contributed by atoms with van der Waals surface area (Å²) in [4.78, 5) is 0. The zero-order chi connectivity index (χ0) is 10.2. The van der Waals surface area contributed by atoms with E-state index in [0.29, 0.717) is 0 Å². The lowest BCUT2D eigenvalue weighted by molar-refractivity contribution is 0.561. The largest absolute Gasteiger partial charge is 0.0950 e. The Bertz CT molecular complexity index is 267. The molecule has 0 radical (unpaired) electrons. The van der Waals surface area contributed by atoms with Crippen LogP contribution in [0.25, 0.3) is 0 Å². The average Bonchev–Trinajstić information content (AvgIpc) is 2.62. The Morgan fingerprint density at radius 1 is 1.21 bits per heavy atom. The van der Waals surface area contributed by atoms with Crippen molar-refractivity contribution in [3.8, 4) is 0 Å². The Morgan fingerprint density at radius 3 is 2.50 bits per heavy atom. The molecule has 1 heteroatoms. The maximum atomic E-state index is 2.45. The second-order valence-electron chi connectivity index (χ2n) is 6.05. The third-order valence-corrected chi connectivity index (χ3v) is 4.69. The van der Waals surface area contributed by atoms with Gasteiger partial charge in [-0.1, -0.05) is 43.1 Å². The minimum atomic E-state index is -0.975. The van der Waals surface area contributed by atoms with Gasteiger partial charge in [0.25, 0.3) is 0 Å². The minimum absolute atomic E-state index is 0.964. The second-order valence-corrected chi connectivity index (χ2v) is 11.1. The van der Waals surface area contributed by atoms with Crippen LogP contribution in [0.1, 0.15) is 25.7 Å². The van der Waals surface area contributed by atoms with Crippen LogP contribution in [0.2, 0.25) is 19.6 Å². The first-order valence-corrected chi connectivity index (χ1v) is 9.50. The number of hydrogen-bond acceptors (Lipinski definition) is 0. The van der Waals surface area contributed by atoms with E-state index in [1.807, 2.05) is 0 Å². The van der Waals surface area contributed by atoms with Crippen molar-refractivity contribution in [3.05, 3.63) is 23.4 Å². The van der Waals surface area contributed by atoms with Gasteiger partial charge in [-0.25, -0.2) is 0 Å².